The summed E-state index contributed by atoms with van der Waals surface area (Å²) >= 11 is 0. The molecule has 21 heavy (non-hydrogen) atoms. The first kappa shape index (κ1) is 13.4. The van der Waals surface area contributed by atoms with Crippen LogP contribution in [-0.4, -0.2) is 25.3 Å². The molecule has 0 aliphatic carbocycles. The lowest BCUT2D eigenvalue weighted by molar-refractivity contribution is 0.383. The topological polar surface area (TPSA) is 132 Å². The highest BCUT2D eigenvalue weighted by atomic mass is 32.3. The maximum Gasteiger partial charge on any atom is 0.502 e. The van der Waals surface area contributed by atoms with Gasteiger partial charge in [-0.1, -0.05) is 0 Å². The number of rotatable bonds is 1. The molecule has 0 spiro atoms. The quantitative estimate of drug-likeness (QED) is 0.759. The number of nitrogens with zero attached hydrogens (tertiary/aromatic N) is 2. The standard InChI is InChI=1S/C11H12N4O5S/c1-18-7-3-2-6-5-15-10(13)9(12)11(14-15)20-21(16,17)19-8(6)4-7/h2-4H,5,12-13H2,1H3. The molecule has 4 N–H and O–H groups in total. The molecule has 0 atom stereocenters. The van der Waals surface area contributed by atoms with Crippen LogP contribution in [0.5, 0.6) is 17.4 Å². The van der Waals surface area contributed by atoms with E-state index in [1.54, 1.807) is 12.1 Å². The van der Waals surface area contributed by atoms with E-state index in [0.29, 0.717) is 11.3 Å². The zero-order chi connectivity index (χ0) is 15.2. The largest absolute Gasteiger partial charge is 0.502 e. The van der Waals surface area contributed by atoms with Gasteiger partial charge in [-0.15, -0.1) is 13.5 Å². The second-order valence-electron chi connectivity index (χ2n) is 4.31. The van der Waals surface area contributed by atoms with Crippen LogP contribution in [0.25, 0.3) is 0 Å². The van der Waals surface area contributed by atoms with Gasteiger partial charge in [-0.05, 0) is 12.1 Å². The zero-order valence-corrected chi connectivity index (χ0v) is 11.8. The fourth-order valence-electron chi connectivity index (χ4n) is 1.90. The predicted molar refractivity (Wildman–Crippen MR) is 73.3 cm³/mol. The molecule has 0 saturated heterocycles. The molecule has 0 amide bonds. The van der Waals surface area contributed by atoms with Crippen LogP contribution >= 0.6 is 0 Å². The predicted octanol–water partition coefficient (Wildman–Crippen LogP) is 0.120. The van der Waals surface area contributed by atoms with Crippen molar-refractivity contribution in [3.63, 3.8) is 0 Å². The maximum atomic E-state index is 11.9. The van der Waals surface area contributed by atoms with E-state index in [4.69, 9.17) is 24.6 Å². The molecule has 0 unspecified atom stereocenters. The van der Waals surface area contributed by atoms with Crippen molar-refractivity contribution in [2.75, 3.05) is 18.6 Å². The van der Waals surface area contributed by atoms with Crippen molar-refractivity contribution >= 4 is 21.9 Å². The first-order valence-corrected chi connectivity index (χ1v) is 7.15. The van der Waals surface area contributed by atoms with Gasteiger partial charge in [0.15, 0.2) is 5.75 Å². The molecular weight excluding hydrogens is 300 g/mol. The molecule has 112 valence electrons. The summed E-state index contributed by atoms with van der Waals surface area (Å²) < 4.78 is 39.8. The molecule has 1 aliphatic heterocycles. The average Bonchev–Trinajstić information content (AvgIpc) is 2.70. The van der Waals surface area contributed by atoms with E-state index in [-0.39, 0.29) is 29.7 Å². The fourth-order valence-corrected chi connectivity index (χ4v) is 2.63. The highest BCUT2D eigenvalue weighted by molar-refractivity contribution is 7.82. The summed E-state index contributed by atoms with van der Waals surface area (Å²) in [7, 11) is -2.92. The number of methoxy groups -OCH3 is 1. The van der Waals surface area contributed by atoms with Crippen molar-refractivity contribution in [3.8, 4) is 17.4 Å². The number of ether oxygens (including phenoxy) is 1. The molecule has 0 radical (unpaired) electrons. The third-order valence-electron chi connectivity index (χ3n) is 2.96. The third kappa shape index (κ3) is 2.29. The maximum absolute atomic E-state index is 11.9. The number of hydrogen-bond acceptors (Lipinski definition) is 8. The van der Waals surface area contributed by atoms with Crippen LogP contribution in [0.2, 0.25) is 0 Å². The Morgan fingerprint density at radius 1 is 1.33 bits per heavy atom. The monoisotopic (exact) mass is 312 g/mol. The van der Waals surface area contributed by atoms with Gasteiger partial charge in [0.05, 0.1) is 13.7 Å². The van der Waals surface area contributed by atoms with Gasteiger partial charge in [-0.25, -0.2) is 4.68 Å². The Morgan fingerprint density at radius 2 is 2.10 bits per heavy atom. The van der Waals surface area contributed by atoms with Crippen LogP contribution < -0.4 is 24.6 Å². The molecule has 0 fully saturated rings. The van der Waals surface area contributed by atoms with Crippen molar-refractivity contribution in [2.45, 2.75) is 6.54 Å². The minimum atomic E-state index is -4.38. The highest BCUT2D eigenvalue weighted by Gasteiger charge is 2.27. The van der Waals surface area contributed by atoms with Crippen LogP contribution in [0.3, 0.4) is 0 Å². The second-order valence-corrected chi connectivity index (χ2v) is 5.46. The molecule has 1 aromatic heterocycles. The van der Waals surface area contributed by atoms with Gasteiger partial charge in [-0.2, -0.15) is 0 Å². The van der Waals surface area contributed by atoms with Gasteiger partial charge in [0.25, 0.3) is 5.88 Å². The van der Waals surface area contributed by atoms with E-state index in [2.05, 4.69) is 5.10 Å². The van der Waals surface area contributed by atoms with Crippen molar-refractivity contribution in [1.82, 2.24) is 9.78 Å². The van der Waals surface area contributed by atoms with E-state index in [0.717, 1.165) is 0 Å². The number of anilines is 2. The van der Waals surface area contributed by atoms with Gasteiger partial charge >= 0.3 is 10.4 Å². The first-order valence-electron chi connectivity index (χ1n) is 5.82. The number of fused-ring (bicyclic) bond motifs is 3. The van der Waals surface area contributed by atoms with Gasteiger partial charge in [-0.3, -0.25) is 0 Å². The lowest BCUT2D eigenvalue weighted by Crippen LogP contribution is -2.18. The number of benzene rings is 1. The Morgan fingerprint density at radius 3 is 2.81 bits per heavy atom. The van der Waals surface area contributed by atoms with E-state index in [1.807, 2.05) is 0 Å². The number of nitrogens with two attached hydrogens (primary N) is 2. The lowest BCUT2D eigenvalue weighted by Gasteiger charge is -2.12. The molecule has 3 rings (SSSR count). The SMILES string of the molecule is COc1ccc2c(c1)OS(=O)(=O)Oc1nn(c(N)c1N)C2. The van der Waals surface area contributed by atoms with Gasteiger partial charge < -0.3 is 24.6 Å². The van der Waals surface area contributed by atoms with E-state index < -0.39 is 10.4 Å². The summed E-state index contributed by atoms with van der Waals surface area (Å²) in [6, 6.07) is 4.74. The van der Waals surface area contributed by atoms with Crippen LogP contribution in [0.1, 0.15) is 5.56 Å². The number of aromatic nitrogens is 2. The Kier molecular flexibility index (Phi) is 2.83. The van der Waals surface area contributed by atoms with E-state index >= 15 is 0 Å². The molecule has 10 heteroatoms. The summed E-state index contributed by atoms with van der Waals surface area (Å²) in [6.45, 7) is 0.175. The average molecular weight is 312 g/mol. The molecule has 2 bridgehead atoms. The summed E-state index contributed by atoms with van der Waals surface area (Å²) in [4.78, 5) is 0. The molecule has 2 aromatic rings. The summed E-state index contributed by atoms with van der Waals surface area (Å²) in [5, 5.41) is 3.92. The van der Waals surface area contributed by atoms with Crippen LogP contribution in [-0.2, 0) is 16.9 Å². The van der Waals surface area contributed by atoms with Gasteiger partial charge in [0.2, 0.25) is 0 Å². The Bertz CT molecular complexity index is 814. The Hall–Kier alpha value is -2.62. The zero-order valence-electron chi connectivity index (χ0n) is 10.9. The normalized spacial score (nSPS) is 15.7. The minimum absolute atomic E-state index is 0.0564. The Balaban J connectivity index is 2.19. The van der Waals surface area contributed by atoms with Crippen molar-refractivity contribution in [2.24, 2.45) is 0 Å². The van der Waals surface area contributed by atoms with Crippen LogP contribution in [0.4, 0.5) is 11.5 Å². The van der Waals surface area contributed by atoms with Crippen molar-refractivity contribution < 1.29 is 21.5 Å². The lowest BCUT2D eigenvalue weighted by atomic mass is 10.2. The summed E-state index contributed by atoms with van der Waals surface area (Å²) in [5.41, 5.74) is 11.9. The van der Waals surface area contributed by atoms with Gasteiger partial charge in [0.1, 0.15) is 17.3 Å². The number of nitrogen functional groups attached to an aromatic ring is 2. The van der Waals surface area contributed by atoms with Crippen molar-refractivity contribution in [1.29, 1.82) is 0 Å². The smallest absolute Gasteiger partial charge is 0.497 e. The van der Waals surface area contributed by atoms with Crippen molar-refractivity contribution in [3.05, 3.63) is 23.8 Å². The van der Waals surface area contributed by atoms with Crippen LogP contribution in [0, 0.1) is 0 Å². The van der Waals surface area contributed by atoms with E-state index in [1.165, 1.54) is 17.9 Å². The van der Waals surface area contributed by atoms with Crippen LogP contribution in [0.15, 0.2) is 18.2 Å². The number of hydrogen-bond donors (Lipinski definition) is 2. The molecular formula is C11H12N4O5S. The van der Waals surface area contributed by atoms with E-state index in [9.17, 15) is 8.42 Å². The second kappa shape index (κ2) is 4.45. The van der Waals surface area contributed by atoms with Gasteiger partial charge in [0, 0.05) is 11.6 Å². The summed E-state index contributed by atoms with van der Waals surface area (Å²) in [6.07, 6.45) is 0. The molecule has 9 nitrogen and oxygen atoms in total. The first-order chi connectivity index (χ1) is 9.89. The molecule has 1 aromatic carbocycles. The highest BCUT2D eigenvalue weighted by Crippen LogP contribution is 2.34. The minimum Gasteiger partial charge on any atom is -0.497 e. The molecule has 0 saturated carbocycles. The molecule has 2 heterocycles. The fraction of sp³-hybridized carbons (Fsp3) is 0.182. The third-order valence-corrected chi connectivity index (χ3v) is 3.71. The summed E-state index contributed by atoms with van der Waals surface area (Å²) in [5.74, 6) is 0.316. The Labute approximate surface area is 120 Å². The molecule has 1 aliphatic rings.